The third kappa shape index (κ3) is 16.0. The van der Waals surface area contributed by atoms with Crippen LogP contribution in [0.4, 0.5) is 0 Å². The highest BCUT2D eigenvalue weighted by atomic mass is 16.5. The quantitative estimate of drug-likeness (QED) is 0.196. The van der Waals surface area contributed by atoms with Gasteiger partial charge in [-0.2, -0.15) is 0 Å². The molecular formula is C26H51N3O3. The molecule has 0 atom stereocenters. The second kappa shape index (κ2) is 20.9. The standard InChI is InChI=1S/C26H51N3O3/c1-5-7-9-11-20-30-24-25-32-22-18-28-15-12-26(13-16-28)29(14-10-8-6-2)19-23-31-21-17-27(3)4/h1,26H,6-25H2,2-4H3. The summed E-state index contributed by atoms with van der Waals surface area (Å²) in [4.78, 5) is 7.42. The van der Waals surface area contributed by atoms with Crippen LogP contribution in [0.2, 0.25) is 0 Å². The van der Waals surface area contributed by atoms with Crippen LogP contribution >= 0.6 is 0 Å². The van der Waals surface area contributed by atoms with Crippen LogP contribution in [0.1, 0.15) is 58.3 Å². The van der Waals surface area contributed by atoms with Crippen molar-refractivity contribution in [2.45, 2.75) is 64.3 Å². The van der Waals surface area contributed by atoms with Gasteiger partial charge in [0.25, 0.3) is 0 Å². The Kier molecular flexibility index (Phi) is 19.2. The first-order chi connectivity index (χ1) is 15.7. The largest absolute Gasteiger partial charge is 0.379 e. The lowest BCUT2D eigenvalue weighted by atomic mass is 10.0. The second-order valence-electron chi connectivity index (χ2n) is 9.12. The topological polar surface area (TPSA) is 37.4 Å². The van der Waals surface area contributed by atoms with Gasteiger partial charge < -0.3 is 24.0 Å². The van der Waals surface area contributed by atoms with Gasteiger partial charge in [-0.25, -0.2) is 0 Å². The van der Waals surface area contributed by atoms with E-state index >= 15 is 0 Å². The molecule has 32 heavy (non-hydrogen) atoms. The Morgan fingerprint density at radius 1 is 0.812 bits per heavy atom. The van der Waals surface area contributed by atoms with E-state index in [0.717, 1.165) is 65.3 Å². The fourth-order valence-corrected chi connectivity index (χ4v) is 4.03. The number of piperidine rings is 1. The van der Waals surface area contributed by atoms with Crippen molar-refractivity contribution < 1.29 is 14.2 Å². The molecule has 0 bridgehead atoms. The summed E-state index contributed by atoms with van der Waals surface area (Å²) >= 11 is 0. The summed E-state index contributed by atoms with van der Waals surface area (Å²) in [6, 6.07) is 0.698. The Morgan fingerprint density at radius 3 is 2.19 bits per heavy atom. The van der Waals surface area contributed by atoms with Gasteiger partial charge in [-0.3, -0.25) is 4.90 Å². The molecule has 0 aromatic carbocycles. The predicted molar refractivity (Wildman–Crippen MR) is 134 cm³/mol. The van der Waals surface area contributed by atoms with Gasteiger partial charge in [0, 0.05) is 38.7 Å². The number of hydrogen-bond acceptors (Lipinski definition) is 6. The third-order valence-electron chi connectivity index (χ3n) is 6.11. The van der Waals surface area contributed by atoms with Crippen LogP contribution in [-0.2, 0) is 14.2 Å². The molecule has 0 aliphatic carbocycles. The van der Waals surface area contributed by atoms with Gasteiger partial charge in [0.15, 0.2) is 0 Å². The maximum atomic E-state index is 5.88. The molecule has 0 aromatic rings. The highest BCUT2D eigenvalue weighted by Crippen LogP contribution is 2.17. The smallest absolute Gasteiger partial charge is 0.0701 e. The van der Waals surface area contributed by atoms with Gasteiger partial charge in [0.05, 0.1) is 33.0 Å². The van der Waals surface area contributed by atoms with Crippen LogP contribution in [0.5, 0.6) is 0 Å². The molecule has 1 aliphatic rings. The number of likely N-dealkylation sites (N-methyl/N-ethyl adjacent to an activating group) is 1. The zero-order valence-electron chi connectivity index (χ0n) is 21.4. The van der Waals surface area contributed by atoms with Gasteiger partial charge >= 0.3 is 0 Å². The Balaban J connectivity index is 2.13. The van der Waals surface area contributed by atoms with Crippen molar-refractivity contribution in [3.05, 3.63) is 0 Å². The van der Waals surface area contributed by atoms with Gasteiger partial charge in [0.1, 0.15) is 0 Å². The predicted octanol–water partition coefficient (Wildman–Crippen LogP) is 3.36. The summed E-state index contributed by atoms with van der Waals surface area (Å²) in [5.41, 5.74) is 0. The van der Waals surface area contributed by atoms with Crippen LogP contribution in [0.25, 0.3) is 0 Å². The number of rotatable bonds is 21. The van der Waals surface area contributed by atoms with E-state index in [1.54, 1.807) is 0 Å². The molecule has 0 radical (unpaired) electrons. The number of terminal acetylenes is 1. The summed E-state index contributed by atoms with van der Waals surface area (Å²) in [6.45, 7) is 13.5. The summed E-state index contributed by atoms with van der Waals surface area (Å²) < 4.78 is 17.2. The van der Waals surface area contributed by atoms with Crippen molar-refractivity contribution in [1.29, 1.82) is 0 Å². The molecule has 0 N–H and O–H groups in total. The molecule has 1 saturated heterocycles. The van der Waals surface area contributed by atoms with Crippen molar-refractivity contribution >= 4 is 0 Å². The average Bonchev–Trinajstić information content (AvgIpc) is 2.79. The molecule has 0 unspecified atom stereocenters. The third-order valence-corrected chi connectivity index (χ3v) is 6.11. The van der Waals surface area contributed by atoms with Crippen molar-refractivity contribution in [3.63, 3.8) is 0 Å². The lowest BCUT2D eigenvalue weighted by Gasteiger charge is -2.38. The molecule has 1 aliphatic heterocycles. The fraction of sp³-hybridized carbons (Fsp3) is 0.923. The number of unbranched alkanes of at least 4 members (excludes halogenated alkanes) is 4. The Labute approximate surface area is 198 Å². The lowest BCUT2D eigenvalue weighted by molar-refractivity contribution is 0.0265. The van der Waals surface area contributed by atoms with Crippen molar-refractivity contribution in [2.75, 3.05) is 93.0 Å². The Hall–Kier alpha value is -0.680. The Bertz CT molecular complexity index is 448. The first-order valence-corrected chi connectivity index (χ1v) is 12.9. The molecule has 188 valence electrons. The monoisotopic (exact) mass is 453 g/mol. The molecule has 1 fully saturated rings. The van der Waals surface area contributed by atoms with E-state index in [9.17, 15) is 0 Å². The first kappa shape index (κ1) is 29.4. The SMILES string of the molecule is C#CCCCCOCCOCCN1CCC(N(CCCCC)CCOCCN(C)C)CC1. The molecule has 6 nitrogen and oxygen atoms in total. The summed E-state index contributed by atoms with van der Waals surface area (Å²) in [7, 11) is 4.19. The van der Waals surface area contributed by atoms with Gasteiger partial charge in [0.2, 0.25) is 0 Å². The summed E-state index contributed by atoms with van der Waals surface area (Å²) in [5, 5.41) is 0. The normalized spacial score (nSPS) is 15.6. The molecule has 6 heteroatoms. The maximum absolute atomic E-state index is 5.88. The van der Waals surface area contributed by atoms with Gasteiger partial charge in [-0.15, -0.1) is 12.3 Å². The highest BCUT2D eigenvalue weighted by Gasteiger charge is 2.24. The molecule has 1 rings (SSSR count). The number of likely N-dealkylation sites (tertiary alicyclic amines) is 1. The van der Waals surface area contributed by atoms with Crippen molar-refractivity contribution in [3.8, 4) is 12.3 Å². The molecule has 0 saturated carbocycles. The zero-order chi connectivity index (χ0) is 23.3. The number of ether oxygens (including phenoxy) is 3. The van der Waals surface area contributed by atoms with Crippen LogP contribution in [0, 0.1) is 12.3 Å². The maximum Gasteiger partial charge on any atom is 0.0701 e. The van der Waals surface area contributed by atoms with Crippen molar-refractivity contribution in [1.82, 2.24) is 14.7 Å². The Morgan fingerprint density at radius 2 is 1.50 bits per heavy atom. The van der Waals surface area contributed by atoms with Gasteiger partial charge in [-0.1, -0.05) is 19.8 Å². The van der Waals surface area contributed by atoms with E-state index < -0.39 is 0 Å². The van der Waals surface area contributed by atoms with E-state index in [2.05, 4.69) is 41.6 Å². The second-order valence-corrected chi connectivity index (χ2v) is 9.12. The van der Waals surface area contributed by atoms with E-state index in [4.69, 9.17) is 20.6 Å². The van der Waals surface area contributed by atoms with Crippen LogP contribution in [0.3, 0.4) is 0 Å². The van der Waals surface area contributed by atoms with E-state index in [0.29, 0.717) is 19.3 Å². The van der Waals surface area contributed by atoms with E-state index in [1.807, 2.05) is 0 Å². The van der Waals surface area contributed by atoms with E-state index in [-0.39, 0.29) is 0 Å². The van der Waals surface area contributed by atoms with Crippen molar-refractivity contribution in [2.24, 2.45) is 0 Å². The minimum atomic E-state index is 0.682. The minimum absolute atomic E-state index is 0.682. The van der Waals surface area contributed by atoms with Gasteiger partial charge in [-0.05, 0) is 65.8 Å². The highest BCUT2D eigenvalue weighted by molar-refractivity contribution is 4.82. The van der Waals surface area contributed by atoms with Crippen LogP contribution in [-0.4, -0.2) is 114 Å². The first-order valence-electron chi connectivity index (χ1n) is 12.9. The number of hydrogen-bond donors (Lipinski definition) is 0. The van der Waals surface area contributed by atoms with E-state index in [1.165, 1.54) is 51.7 Å². The minimum Gasteiger partial charge on any atom is -0.379 e. The summed E-state index contributed by atoms with van der Waals surface area (Å²) in [6.07, 6.45) is 14.6. The van der Waals surface area contributed by atoms with Crippen LogP contribution < -0.4 is 0 Å². The fourth-order valence-electron chi connectivity index (χ4n) is 4.03. The zero-order valence-corrected chi connectivity index (χ0v) is 21.4. The molecule has 0 spiro atoms. The molecule has 0 amide bonds. The molecule has 0 aromatic heterocycles. The molecule has 1 heterocycles. The summed E-state index contributed by atoms with van der Waals surface area (Å²) in [5.74, 6) is 2.66. The molecular weight excluding hydrogens is 402 g/mol. The lowest BCUT2D eigenvalue weighted by Crippen LogP contribution is -2.47. The van der Waals surface area contributed by atoms with Crippen LogP contribution in [0.15, 0.2) is 0 Å². The average molecular weight is 454 g/mol. The number of nitrogens with zero attached hydrogens (tertiary/aromatic N) is 3.